The molecule has 0 spiro atoms. The smallest absolute Gasteiger partial charge is 0.0992 e. The van der Waals surface area contributed by atoms with E-state index in [2.05, 4.69) is 4.90 Å². The van der Waals surface area contributed by atoms with Gasteiger partial charge in [-0.15, -0.1) is 0 Å². The lowest BCUT2D eigenvalue weighted by Crippen LogP contribution is -2.38. The number of ether oxygens (including phenoxy) is 1. The lowest BCUT2D eigenvalue weighted by Gasteiger charge is -2.28. The van der Waals surface area contributed by atoms with Crippen LogP contribution in [0.4, 0.5) is 0 Å². The molecule has 86 valence electrons. The molecule has 0 aromatic heterocycles. The number of nitrogens with zero attached hydrogens (tertiary/aromatic N) is 1. The molecule has 2 aliphatic carbocycles. The Bertz CT molecular complexity index is 220. The molecule has 0 aromatic rings. The van der Waals surface area contributed by atoms with Crippen molar-refractivity contribution in [1.82, 2.24) is 4.90 Å². The van der Waals surface area contributed by atoms with Gasteiger partial charge in [-0.3, -0.25) is 5.41 Å². The Morgan fingerprint density at radius 2 is 1.93 bits per heavy atom. The number of nitrogens with one attached hydrogen (secondary N) is 1. The summed E-state index contributed by atoms with van der Waals surface area (Å²) in [4.78, 5) is 2.29. The van der Waals surface area contributed by atoms with Gasteiger partial charge in [0.1, 0.15) is 0 Å². The van der Waals surface area contributed by atoms with Crippen molar-refractivity contribution < 1.29 is 4.74 Å². The van der Waals surface area contributed by atoms with E-state index in [9.17, 15) is 0 Å². The molecule has 3 nitrogen and oxygen atoms in total. The van der Waals surface area contributed by atoms with Gasteiger partial charge in [0.05, 0.1) is 12.4 Å². The maximum absolute atomic E-state index is 8.26. The van der Waals surface area contributed by atoms with Gasteiger partial charge in [-0.05, 0) is 25.7 Å². The Morgan fingerprint density at radius 3 is 2.47 bits per heavy atom. The Morgan fingerprint density at radius 1 is 1.27 bits per heavy atom. The maximum atomic E-state index is 8.26. The van der Waals surface area contributed by atoms with E-state index in [4.69, 9.17) is 10.1 Å². The van der Waals surface area contributed by atoms with Crippen molar-refractivity contribution in [2.75, 3.05) is 20.3 Å². The quantitative estimate of drug-likeness (QED) is 0.558. The van der Waals surface area contributed by atoms with Crippen molar-refractivity contribution in [2.24, 2.45) is 5.92 Å². The highest BCUT2D eigenvalue weighted by Gasteiger charge is 2.33. The molecule has 0 atom stereocenters. The van der Waals surface area contributed by atoms with Gasteiger partial charge in [0, 0.05) is 25.6 Å². The lowest BCUT2D eigenvalue weighted by molar-refractivity contribution is 0.171. The molecule has 0 saturated heterocycles. The second-order valence-corrected chi connectivity index (χ2v) is 4.78. The number of hydrogen-bond acceptors (Lipinski definition) is 2. The van der Waals surface area contributed by atoms with Crippen LogP contribution in [0, 0.1) is 11.3 Å². The summed E-state index contributed by atoms with van der Waals surface area (Å²) in [5.74, 6) is 1.44. The van der Waals surface area contributed by atoms with Crippen molar-refractivity contribution >= 4 is 5.84 Å². The normalized spacial score (nSPS) is 21.9. The number of hydrogen-bond donors (Lipinski definition) is 1. The highest BCUT2D eigenvalue weighted by molar-refractivity contribution is 5.82. The second kappa shape index (κ2) is 4.97. The van der Waals surface area contributed by atoms with E-state index < -0.39 is 0 Å². The van der Waals surface area contributed by atoms with Crippen LogP contribution >= 0.6 is 0 Å². The molecule has 0 amide bonds. The summed E-state index contributed by atoms with van der Waals surface area (Å²) in [5.41, 5.74) is 0. The molecule has 3 heteroatoms. The molecule has 2 aliphatic rings. The van der Waals surface area contributed by atoms with Crippen LogP contribution in [0.2, 0.25) is 0 Å². The minimum atomic E-state index is 0.544. The third kappa shape index (κ3) is 2.71. The van der Waals surface area contributed by atoms with Gasteiger partial charge in [-0.2, -0.15) is 0 Å². The monoisotopic (exact) mass is 210 g/mol. The standard InChI is InChI=1S/C12H22N2O/c1-15-9-8-14(11-6-7-11)12(13)10-4-2-3-5-10/h10-11,13H,2-9H2,1H3. The Balaban J connectivity index is 1.87. The van der Waals surface area contributed by atoms with Crippen molar-refractivity contribution in [1.29, 1.82) is 5.41 Å². The van der Waals surface area contributed by atoms with Crippen LogP contribution in [0.15, 0.2) is 0 Å². The highest BCUT2D eigenvalue weighted by Crippen LogP contribution is 2.32. The van der Waals surface area contributed by atoms with E-state index in [-0.39, 0.29) is 0 Å². The van der Waals surface area contributed by atoms with Gasteiger partial charge >= 0.3 is 0 Å². The topological polar surface area (TPSA) is 36.3 Å². The van der Waals surface area contributed by atoms with Crippen molar-refractivity contribution in [3.05, 3.63) is 0 Å². The Hall–Kier alpha value is -0.570. The van der Waals surface area contributed by atoms with Crippen LogP contribution in [0.3, 0.4) is 0 Å². The molecule has 0 aliphatic heterocycles. The molecule has 2 saturated carbocycles. The molecule has 0 bridgehead atoms. The average molecular weight is 210 g/mol. The minimum Gasteiger partial charge on any atom is -0.383 e. The zero-order valence-corrected chi connectivity index (χ0v) is 9.67. The first-order valence-electron chi connectivity index (χ1n) is 6.17. The number of amidine groups is 1. The van der Waals surface area contributed by atoms with Crippen LogP contribution in [0.25, 0.3) is 0 Å². The highest BCUT2D eigenvalue weighted by atomic mass is 16.5. The summed E-state index contributed by atoms with van der Waals surface area (Å²) in [7, 11) is 1.74. The summed E-state index contributed by atoms with van der Waals surface area (Å²) >= 11 is 0. The van der Waals surface area contributed by atoms with Gasteiger partial charge in [0.2, 0.25) is 0 Å². The van der Waals surface area contributed by atoms with Gasteiger partial charge in [0.25, 0.3) is 0 Å². The van der Waals surface area contributed by atoms with Crippen molar-refractivity contribution in [3.63, 3.8) is 0 Å². The van der Waals surface area contributed by atoms with Crippen LogP contribution in [-0.4, -0.2) is 37.0 Å². The van der Waals surface area contributed by atoms with Crippen LogP contribution in [0.1, 0.15) is 38.5 Å². The maximum Gasteiger partial charge on any atom is 0.0992 e. The summed E-state index contributed by atoms with van der Waals surface area (Å²) in [5, 5.41) is 8.26. The zero-order chi connectivity index (χ0) is 10.7. The first-order valence-corrected chi connectivity index (χ1v) is 6.17. The third-order valence-corrected chi connectivity index (χ3v) is 3.58. The van der Waals surface area contributed by atoms with Crippen molar-refractivity contribution in [2.45, 2.75) is 44.6 Å². The fourth-order valence-electron chi connectivity index (χ4n) is 2.51. The third-order valence-electron chi connectivity index (χ3n) is 3.58. The van der Waals surface area contributed by atoms with Crippen LogP contribution in [0.5, 0.6) is 0 Å². The van der Waals surface area contributed by atoms with Crippen LogP contribution < -0.4 is 0 Å². The van der Waals surface area contributed by atoms with E-state index in [0.29, 0.717) is 12.0 Å². The van der Waals surface area contributed by atoms with E-state index in [0.717, 1.165) is 19.0 Å². The van der Waals surface area contributed by atoms with E-state index in [1.807, 2.05) is 0 Å². The molecule has 2 fully saturated rings. The van der Waals surface area contributed by atoms with E-state index in [1.54, 1.807) is 7.11 Å². The fourth-order valence-corrected chi connectivity index (χ4v) is 2.51. The SMILES string of the molecule is COCCN(C(=N)C1CCCC1)C1CC1. The molecular formula is C12H22N2O. The Labute approximate surface area is 92.3 Å². The number of rotatable bonds is 5. The average Bonchev–Trinajstić information content (AvgIpc) is 2.94. The second-order valence-electron chi connectivity index (χ2n) is 4.78. The summed E-state index contributed by atoms with van der Waals surface area (Å²) < 4.78 is 5.12. The molecule has 2 rings (SSSR count). The van der Waals surface area contributed by atoms with Crippen LogP contribution in [-0.2, 0) is 4.74 Å². The largest absolute Gasteiger partial charge is 0.383 e. The predicted molar refractivity (Wildman–Crippen MR) is 61.3 cm³/mol. The minimum absolute atomic E-state index is 0.544. The molecule has 0 radical (unpaired) electrons. The van der Waals surface area contributed by atoms with E-state index >= 15 is 0 Å². The van der Waals surface area contributed by atoms with Gasteiger partial charge in [0.15, 0.2) is 0 Å². The lowest BCUT2D eigenvalue weighted by atomic mass is 10.1. The zero-order valence-electron chi connectivity index (χ0n) is 9.67. The van der Waals surface area contributed by atoms with Gasteiger partial charge in [-0.25, -0.2) is 0 Å². The predicted octanol–water partition coefficient (Wildman–Crippen LogP) is 2.26. The molecule has 1 N–H and O–H groups in total. The molecule has 0 heterocycles. The summed E-state index contributed by atoms with van der Waals surface area (Å²) in [6, 6.07) is 0.660. The van der Waals surface area contributed by atoms with Gasteiger partial charge in [-0.1, -0.05) is 12.8 Å². The van der Waals surface area contributed by atoms with Crippen molar-refractivity contribution in [3.8, 4) is 0 Å². The summed E-state index contributed by atoms with van der Waals surface area (Å²) in [6.45, 7) is 1.67. The first kappa shape index (κ1) is 10.9. The fraction of sp³-hybridized carbons (Fsp3) is 0.917. The molecule has 0 unspecified atom stereocenters. The first-order chi connectivity index (χ1) is 7.33. The summed E-state index contributed by atoms with van der Waals surface area (Å²) in [6.07, 6.45) is 7.65. The molecule has 15 heavy (non-hydrogen) atoms. The van der Waals surface area contributed by atoms with E-state index in [1.165, 1.54) is 38.5 Å². The Kier molecular flexibility index (Phi) is 3.62. The van der Waals surface area contributed by atoms with Gasteiger partial charge < -0.3 is 9.64 Å². The molecular weight excluding hydrogens is 188 g/mol. The number of methoxy groups -OCH3 is 1. The molecule has 0 aromatic carbocycles.